The number of hydrogen-bond donors (Lipinski definition) is 1. The molecule has 2 nitrogen and oxygen atoms in total. The van der Waals surface area contributed by atoms with Crippen LogP contribution in [0.25, 0.3) is 0 Å². The van der Waals surface area contributed by atoms with Crippen LogP contribution in [0.3, 0.4) is 0 Å². The van der Waals surface area contributed by atoms with Crippen molar-refractivity contribution in [2.75, 3.05) is 6.54 Å². The molecule has 0 amide bonds. The Kier molecular flexibility index (Phi) is 5.26. The summed E-state index contributed by atoms with van der Waals surface area (Å²) < 4.78 is 6.00. The van der Waals surface area contributed by atoms with E-state index in [9.17, 15) is 0 Å². The number of hydrogen-bond acceptors (Lipinski definition) is 2. The molecule has 0 radical (unpaired) electrons. The molecule has 0 aromatic heterocycles. The summed E-state index contributed by atoms with van der Waals surface area (Å²) in [5, 5.41) is 3.65. The lowest BCUT2D eigenvalue weighted by atomic mass is 9.95. The first-order valence-corrected chi connectivity index (χ1v) is 7.62. The predicted octanol–water partition coefficient (Wildman–Crippen LogP) is 3.99. The van der Waals surface area contributed by atoms with Gasteiger partial charge in [0, 0.05) is 12.6 Å². The Labute approximate surface area is 117 Å². The fourth-order valence-electron chi connectivity index (χ4n) is 2.91. The van der Waals surface area contributed by atoms with Crippen LogP contribution in [0.1, 0.15) is 50.2 Å². The number of nitrogens with one attached hydrogen (secondary N) is 1. The van der Waals surface area contributed by atoms with Crippen LogP contribution in [0.5, 0.6) is 5.75 Å². The van der Waals surface area contributed by atoms with Gasteiger partial charge >= 0.3 is 0 Å². The van der Waals surface area contributed by atoms with Crippen molar-refractivity contribution in [3.63, 3.8) is 0 Å². The molecule has 1 saturated carbocycles. The molecule has 0 aliphatic heterocycles. The third-order valence-electron chi connectivity index (χ3n) is 3.83. The van der Waals surface area contributed by atoms with Crippen LogP contribution in [-0.4, -0.2) is 18.7 Å². The van der Waals surface area contributed by atoms with Gasteiger partial charge in [-0.2, -0.15) is 0 Å². The highest BCUT2D eigenvalue weighted by atomic mass is 16.5. The van der Waals surface area contributed by atoms with Crippen molar-refractivity contribution in [2.45, 2.75) is 65.0 Å². The van der Waals surface area contributed by atoms with Gasteiger partial charge in [0.15, 0.2) is 0 Å². The Hall–Kier alpha value is -1.02. The van der Waals surface area contributed by atoms with Crippen molar-refractivity contribution >= 4 is 0 Å². The first kappa shape index (κ1) is 14.4. The molecule has 1 atom stereocenters. The van der Waals surface area contributed by atoms with Gasteiger partial charge in [0.2, 0.25) is 0 Å². The van der Waals surface area contributed by atoms with Crippen LogP contribution in [0.15, 0.2) is 18.2 Å². The lowest BCUT2D eigenvalue weighted by Gasteiger charge is -2.25. The molecule has 1 aromatic carbocycles. The highest BCUT2D eigenvalue weighted by Crippen LogP contribution is 2.19. The van der Waals surface area contributed by atoms with Crippen LogP contribution < -0.4 is 10.1 Å². The summed E-state index contributed by atoms with van der Waals surface area (Å²) in [6.07, 6.45) is 7.05. The average Bonchev–Trinajstić information content (AvgIpc) is 2.36. The summed E-state index contributed by atoms with van der Waals surface area (Å²) in [7, 11) is 0. The van der Waals surface area contributed by atoms with Gasteiger partial charge < -0.3 is 10.1 Å². The van der Waals surface area contributed by atoms with E-state index in [1.165, 1.54) is 43.2 Å². The van der Waals surface area contributed by atoms with E-state index in [4.69, 9.17) is 4.74 Å². The smallest absolute Gasteiger partial charge is 0.120 e. The molecule has 0 heterocycles. The predicted molar refractivity (Wildman–Crippen MR) is 80.9 cm³/mol. The minimum atomic E-state index is 0.225. The molecule has 19 heavy (non-hydrogen) atoms. The van der Waals surface area contributed by atoms with Crippen LogP contribution in [0.2, 0.25) is 0 Å². The Bertz CT molecular complexity index is 376. The number of rotatable bonds is 5. The van der Waals surface area contributed by atoms with E-state index in [1.54, 1.807) is 0 Å². The van der Waals surface area contributed by atoms with Crippen molar-refractivity contribution in [3.8, 4) is 5.75 Å². The quantitative estimate of drug-likeness (QED) is 0.865. The zero-order valence-electron chi connectivity index (χ0n) is 12.5. The summed E-state index contributed by atoms with van der Waals surface area (Å²) in [5.74, 6) is 0.996. The molecular formula is C17H27NO. The van der Waals surface area contributed by atoms with E-state index in [2.05, 4.69) is 44.3 Å². The molecule has 1 aliphatic rings. The zero-order valence-corrected chi connectivity index (χ0v) is 12.5. The van der Waals surface area contributed by atoms with Gasteiger partial charge in [0.1, 0.15) is 11.9 Å². The summed E-state index contributed by atoms with van der Waals surface area (Å²) in [6, 6.07) is 7.12. The molecule has 2 heteroatoms. The largest absolute Gasteiger partial charge is 0.489 e. The van der Waals surface area contributed by atoms with Gasteiger partial charge in [0.25, 0.3) is 0 Å². The minimum absolute atomic E-state index is 0.225. The first-order chi connectivity index (χ1) is 9.13. The van der Waals surface area contributed by atoms with Gasteiger partial charge in [-0.25, -0.2) is 0 Å². The van der Waals surface area contributed by atoms with E-state index >= 15 is 0 Å². The van der Waals surface area contributed by atoms with Gasteiger partial charge in [-0.1, -0.05) is 25.3 Å². The summed E-state index contributed by atoms with van der Waals surface area (Å²) in [6.45, 7) is 7.32. The number of ether oxygens (including phenoxy) is 1. The lowest BCUT2D eigenvalue weighted by Crippen LogP contribution is -2.37. The molecule has 0 spiro atoms. The summed E-state index contributed by atoms with van der Waals surface area (Å²) >= 11 is 0. The van der Waals surface area contributed by atoms with Gasteiger partial charge in [-0.15, -0.1) is 0 Å². The molecule has 106 valence electrons. The molecule has 1 aliphatic carbocycles. The highest BCUT2D eigenvalue weighted by molar-refractivity contribution is 5.33. The zero-order chi connectivity index (χ0) is 13.7. The monoisotopic (exact) mass is 261 g/mol. The average molecular weight is 261 g/mol. The molecule has 0 saturated heterocycles. The van der Waals surface area contributed by atoms with Gasteiger partial charge in [-0.05, 0) is 56.9 Å². The van der Waals surface area contributed by atoms with E-state index in [-0.39, 0.29) is 6.10 Å². The van der Waals surface area contributed by atoms with Gasteiger partial charge in [-0.3, -0.25) is 0 Å². The van der Waals surface area contributed by atoms with Crippen molar-refractivity contribution in [1.29, 1.82) is 0 Å². The van der Waals surface area contributed by atoms with E-state index < -0.39 is 0 Å². The maximum absolute atomic E-state index is 6.00. The van der Waals surface area contributed by atoms with Crippen molar-refractivity contribution in [1.82, 2.24) is 5.32 Å². The SMILES string of the molecule is Cc1cc(C)cc(OC(C)CNC2CCCCC2)c1. The van der Waals surface area contributed by atoms with Crippen LogP contribution in [0.4, 0.5) is 0 Å². The van der Waals surface area contributed by atoms with Gasteiger partial charge in [0.05, 0.1) is 0 Å². The highest BCUT2D eigenvalue weighted by Gasteiger charge is 2.14. The first-order valence-electron chi connectivity index (χ1n) is 7.62. The second-order valence-electron chi connectivity index (χ2n) is 6.00. The van der Waals surface area contributed by atoms with Crippen molar-refractivity contribution in [2.24, 2.45) is 0 Å². The topological polar surface area (TPSA) is 21.3 Å². The molecule has 1 N–H and O–H groups in total. The van der Waals surface area contributed by atoms with Crippen LogP contribution >= 0.6 is 0 Å². The van der Waals surface area contributed by atoms with E-state index in [0.717, 1.165) is 12.3 Å². The third kappa shape index (κ3) is 4.87. The molecule has 1 unspecified atom stereocenters. The molecule has 1 aromatic rings. The van der Waals surface area contributed by atoms with Crippen molar-refractivity contribution in [3.05, 3.63) is 29.3 Å². The summed E-state index contributed by atoms with van der Waals surface area (Å²) in [5.41, 5.74) is 2.53. The fourth-order valence-corrected chi connectivity index (χ4v) is 2.91. The summed E-state index contributed by atoms with van der Waals surface area (Å²) in [4.78, 5) is 0. The Morgan fingerprint density at radius 3 is 2.37 bits per heavy atom. The molecule has 2 rings (SSSR count). The molecule has 1 fully saturated rings. The Morgan fingerprint density at radius 1 is 1.11 bits per heavy atom. The normalized spacial score (nSPS) is 18.3. The Morgan fingerprint density at radius 2 is 1.74 bits per heavy atom. The number of benzene rings is 1. The molecular weight excluding hydrogens is 234 g/mol. The lowest BCUT2D eigenvalue weighted by molar-refractivity contribution is 0.205. The number of aryl methyl sites for hydroxylation is 2. The third-order valence-corrected chi connectivity index (χ3v) is 3.83. The van der Waals surface area contributed by atoms with Crippen LogP contribution in [0, 0.1) is 13.8 Å². The Balaban J connectivity index is 1.78. The van der Waals surface area contributed by atoms with Crippen LogP contribution in [-0.2, 0) is 0 Å². The molecule has 0 bridgehead atoms. The minimum Gasteiger partial charge on any atom is -0.489 e. The standard InChI is InChI=1S/C17H27NO/c1-13-9-14(2)11-17(10-13)19-15(3)12-18-16-7-5-4-6-8-16/h9-11,15-16,18H,4-8,12H2,1-3H3. The maximum atomic E-state index is 6.00. The van der Waals surface area contributed by atoms with E-state index in [0.29, 0.717) is 6.04 Å². The van der Waals surface area contributed by atoms with Crippen molar-refractivity contribution < 1.29 is 4.74 Å². The second kappa shape index (κ2) is 6.95. The fraction of sp³-hybridized carbons (Fsp3) is 0.647. The van der Waals surface area contributed by atoms with E-state index in [1.807, 2.05) is 0 Å². The second-order valence-corrected chi connectivity index (χ2v) is 6.00. The maximum Gasteiger partial charge on any atom is 0.120 e.